The van der Waals surface area contributed by atoms with Crippen molar-refractivity contribution in [3.8, 4) is 0 Å². The lowest BCUT2D eigenvalue weighted by molar-refractivity contribution is 0.0963. The van der Waals surface area contributed by atoms with Crippen molar-refractivity contribution in [1.29, 1.82) is 0 Å². The summed E-state index contributed by atoms with van der Waals surface area (Å²) >= 11 is 0. The van der Waals surface area contributed by atoms with Crippen molar-refractivity contribution < 1.29 is 13.6 Å². The van der Waals surface area contributed by atoms with E-state index in [1.165, 1.54) is 12.1 Å². The Kier molecular flexibility index (Phi) is 4.30. The average Bonchev–Trinajstić information content (AvgIpc) is 2.46. The van der Waals surface area contributed by atoms with Gasteiger partial charge in [-0.1, -0.05) is 12.1 Å². The zero-order chi connectivity index (χ0) is 14.5. The molecule has 2 N–H and O–H groups in total. The molecule has 5 heteroatoms. The second kappa shape index (κ2) is 6.14. The third kappa shape index (κ3) is 3.32. The molecule has 0 aliphatic heterocycles. The summed E-state index contributed by atoms with van der Waals surface area (Å²) in [5.74, 6) is -1.39. The van der Waals surface area contributed by atoms with E-state index in [2.05, 4.69) is 10.6 Å². The van der Waals surface area contributed by atoms with E-state index in [9.17, 15) is 13.6 Å². The number of carbonyl (C=O) groups excluding carboxylic acids is 1. The van der Waals surface area contributed by atoms with Gasteiger partial charge in [0.2, 0.25) is 0 Å². The largest absolute Gasteiger partial charge is 0.381 e. The lowest BCUT2D eigenvalue weighted by atomic mass is 10.1. The maximum Gasteiger partial charge on any atom is 0.251 e. The first-order chi connectivity index (χ1) is 9.60. The summed E-state index contributed by atoms with van der Waals surface area (Å²) in [4.78, 5) is 11.5. The van der Waals surface area contributed by atoms with Gasteiger partial charge in [0.1, 0.15) is 11.6 Å². The van der Waals surface area contributed by atoms with Crippen LogP contribution < -0.4 is 10.6 Å². The van der Waals surface area contributed by atoms with Crippen LogP contribution in [0.2, 0.25) is 0 Å². The molecule has 0 aliphatic rings. The molecule has 20 heavy (non-hydrogen) atoms. The monoisotopic (exact) mass is 276 g/mol. The first kappa shape index (κ1) is 14.0. The van der Waals surface area contributed by atoms with E-state index in [-0.39, 0.29) is 12.5 Å². The Balaban J connectivity index is 2.09. The molecule has 3 nitrogen and oxygen atoms in total. The van der Waals surface area contributed by atoms with Gasteiger partial charge in [0, 0.05) is 36.5 Å². The molecule has 0 fully saturated rings. The third-order valence-corrected chi connectivity index (χ3v) is 2.85. The minimum absolute atomic E-state index is 0.193. The molecular formula is C15H14F2N2O. The first-order valence-electron chi connectivity index (χ1n) is 6.10. The smallest absolute Gasteiger partial charge is 0.251 e. The maximum atomic E-state index is 13.5. The number of carbonyl (C=O) groups is 1. The summed E-state index contributed by atoms with van der Waals surface area (Å²) in [7, 11) is 1.55. The average molecular weight is 276 g/mol. The van der Waals surface area contributed by atoms with Crippen molar-refractivity contribution in [2.24, 2.45) is 0 Å². The zero-order valence-corrected chi connectivity index (χ0v) is 10.9. The van der Waals surface area contributed by atoms with Gasteiger partial charge in [-0.3, -0.25) is 4.79 Å². The maximum absolute atomic E-state index is 13.5. The molecule has 2 rings (SSSR count). The summed E-state index contributed by atoms with van der Waals surface area (Å²) in [6.07, 6.45) is 0. The van der Waals surface area contributed by atoms with Gasteiger partial charge in [-0.25, -0.2) is 8.78 Å². The van der Waals surface area contributed by atoms with Crippen LogP contribution in [0.25, 0.3) is 0 Å². The van der Waals surface area contributed by atoms with Crippen LogP contribution in [0.4, 0.5) is 14.5 Å². The van der Waals surface area contributed by atoms with Crippen LogP contribution in [0.1, 0.15) is 15.9 Å². The summed E-state index contributed by atoms with van der Waals surface area (Å²) in [6, 6.07) is 10.3. The number of amides is 1. The number of anilines is 1. The molecule has 0 unspecified atom stereocenters. The Morgan fingerprint density at radius 2 is 1.95 bits per heavy atom. The van der Waals surface area contributed by atoms with Gasteiger partial charge in [0.25, 0.3) is 5.91 Å². The summed E-state index contributed by atoms with van der Waals surface area (Å²) < 4.78 is 26.3. The van der Waals surface area contributed by atoms with Crippen LogP contribution in [0, 0.1) is 11.6 Å². The minimum atomic E-state index is -0.604. The predicted octanol–water partition coefficient (Wildman–Crippen LogP) is 2.94. The Morgan fingerprint density at radius 3 is 2.65 bits per heavy atom. The molecule has 2 aromatic carbocycles. The molecule has 0 bridgehead atoms. The second-order valence-corrected chi connectivity index (χ2v) is 4.25. The van der Waals surface area contributed by atoms with Gasteiger partial charge in [-0.2, -0.15) is 0 Å². The lowest BCUT2D eigenvalue weighted by Crippen LogP contribution is -2.17. The lowest BCUT2D eigenvalue weighted by Gasteiger charge is -2.09. The molecular weight excluding hydrogens is 262 g/mol. The highest BCUT2D eigenvalue weighted by Crippen LogP contribution is 2.14. The molecule has 0 spiro atoms. The van der Waals surface area contributed by atoms with E-state index < -0.39 is 11.6 Å². The second-order valence-electron chi connectivity index (χ2n) is 4.25. The van der Waals surface area contributed by atoms with E-state index in [1.54, 1.807) is 31.3 Å². The van der Waals surface area contributed by atoms with Crippen LogP contribution in [0.15, 0.2) is 42.5 Å². The van der Waals surface area contributed by atoms with Gasteiger partial charge in [-0.05, 0) is 24.3 Å². The number of benzene rings is 2. The quantitative estimate of drug-likeness (QED) is 0.901. The van der Waals surface area contributed by atoms with Crippen LogP contribution in [0.3, 0.4) is 0 Å². The van der Waals surface area contributed by atoms with Crippen LogP contribution in [-0.2, 0) is 6.54 Å². The Morgan fingerprint density at radius 1 is 1.15 bits per heavy atom. The molecule has 1 amide bonds. The zero-order valence-electron chi connectivity index (χ0n) is 10.9. The SMILES string of the molecule is CNC(=O)c1cccc(NCc2ccc(F)cc2F)c1. The Bertz CT molecular complexity index is 629. The van der Waals surface area contributed by atoms with Crippen molar-refractivity contribution in [1.82, 2.24) is 5.32 Å². The van der Waals surface area contributed by atoms with Crippen LogP contribution in [-0.4, -0.2) is 13.0 Å². The van der Waals surface area contributed by atoms with Crippen molar-refractivity contribution in [2.75, 3.05) is 12.4 Å². The fraction of sp³-hybridized carbons (Fsp3) is 0.133. The molecule has 2 aromatic rings. The summed E-state index contributed by atoms with van der Waals surface area (Å²) in [6.45, 7) is 0.212. The van der Waals surface area contributed by atoms with Crippen molar-refractivity contribution >= 4 is 11.6 Å². The number of hydrogen-bond donors (Lipinski definition) is 2. The highest BCUT2D eigenvalue weighted by molar-refractivity contribution is 5.94. The van der Waals surface area contributed by atoms with Crippen LogP contribution >= 0.6 is 0 Å². The molecule has 0 aliphatic carbocycles. The Hall–Kier alpha value is -2.43. The first-order valence-corrected chi connectivity index (χ1v) is 6.10. The van der Waals surface area contributed by atoms with Gasteiger partial charge >= 0.3 is 0 Å². The molecule has 0 radical (unpaired) electrons. The minimum Gasteiger partial charge on any atom is -0.381 e. The van der Waals surface area contributed by atoms with Gasteiger partial charge in [0.15, 0.2) is 0 Å². The van der Waals surface area contributed by atoms with Gasteiger partial charge in [0.05, 0.1) is 0 Å². The molecule has 0 aromatic heterocycles. The van der Waals surface area contributed by atoms with E-state index in [4.69, 9.17) is 0 Å². The molecule has 0 saturated heterocycles. The van der Waals surface area contributed by atoms with Gasteiger partial charge in [-0.15, -0.1) is 0 Å². The standard InChI is InChI=1S/C15H14F2N2O/c1-18-15(20)10-3-2-4-13(7-10)19-9-11-5-6-12(16)8-14(11)17/h2-8,19H,9H2,1H3,(H,18,20). The van der Waals surface area contributed by atoms with Crippen molar-refractivity contribution in [3.05, 3.63) is 65.2 Å². The highest BCUT2D eigenvalue weighted by atomic mass is 19.1. The highest BCUT2D eigenvalue weighted by Gasteiger charge is 2.05. The van der Waals surface area contributed by atoms with Gasteiger partial charge < -0.3 is 10.6 Å². The summed E-state index contributed by atoms with van der Waals surface area (Å²) in [5, 5.41) is 5.53. The molecule has 104 valence electrons. The fourth-order valence-electron chi connectivity index (χ4n) is 1.78. The van der Waals surface area contributed by atoms with E-state index in [1.807, 2.05) is 0 Å². The number of nitrogens with one attached hydrogen (secondary N) is 2. The number of hydrogen-bond acceptors (Lipinski definition) is 2. The molecule has 0 atom stereocenters. The molecule has 0 heterocycles. The predicted molar refractivity (Wildman–Crippen MR) is 73.5 cm³/mol. The fourth-order valence-corrected chi connectivity index (χ4v) is 1.78. The summed E-state index contributed by atoms with van der Waals surface area (Å²) in [5.41, 5.74) is 1.56. The third-order valence-electron chi connectivity index (χ3n) is 2.85. The normalized spacial score (nSPS) is 10.2. The number of halogens is 2. The van der Waals surface area contributed by atoms with Crippen LogP contribution in [0.5, 0.6) is 0 Å². The van der Waals surface area contributed by atoms with Crippen molar-refractivity contribution in [2.45, 2.75) is 6.54 Å². The van der Waals surface area contributed by atoms with E-state index in [0.29, 0.717) is 16.8 Å². The van der Waals surface area contributed by atoms with Crippen molar-refractivity contribution in [3.63, 3.8) is 0 Å². The van der Waals surface area contributed by atoms with E-state index in [0.717, 1.165) is 6.07 Å². The number of rotatable bonds is 4. The Labute approximate surface area is 115 Å². The van der Waals surface area contributed by atoms with E-state index >= 15 is 0 Å². The molecule has 0 saturated carbocycles. The topological polar surface area (TPSA) is 41.1 Å².